The molecule has 1 aromatic heterocycles. The molecule has 0 aliphatic carbocycles. The molecule has 1 N–H and O–H groups in total. The summed E-state index contributed by atoms with van der Waals surface area (Å²) in [6.45, 7) is 3.55. The van der Waals surface area contributed by atoms with Gasteiger partial charge < -0.3 is 14.7 Å². The number of ether oxygens (including phenoxy) is 1. The Morgan fingerprint density at radius 3 is 3.00 bits per heavy atom. The number of morpholine rings is 1. The zero-order valence-electron chi connectivity index (χ0n) is 11.2. The van der Waals surface area contributed by atoms with Crippen molar-refractivity contribution in [1.29, 1.82) is 0 Å². The minimum absolute atomic E-state index is 0.0238. The van der Waals surface area contributed by atoms with Crippen LogP contribution in [0.1, 0.15) is 22.8 Å². The highest BCUT2D eigenvalue weighted by Gasteiger charge is 2.22. The molecule has 0 saturated carbocycles. The number of nitrogens with zero attached hydrogens (tertiary/aromatic N) is 2. The van der Waals surface area contributed by atoms with Gasteiger partial charge in [-0.3, -0.25) is 9.78 Å². The van der Waals surface area contributed by atoms with Crippen molar-refractivity contribution >= 4 is 18.0 Å². The van der Waals surface area contributed by atoms with E-state index in [-0.39, 0.29) is 12.0 Å². The van der Waals surface area contributed by atoms with Gasteiger partial charge in [-0.2, -0.15) is 0 Å². The van der Waals surface area contributed by atoms with Gasteiger partial charge in [-0.15, -0.1) is 0 Å². The molecule has 1 aliphatic heterocycles. The van der Waals surface area contributed by atoms with Gasteiger partial charge in [0.25, 0.3) is 5.91 Å². The van der Waals surface area contributed by atoms with E-state index < -0.39 is 5.97 Å². The Bertz CT molecular complexity index is 542. The van der Waals surface area contributed by atoms with Crippen LogP contribution in [0.3, 0.4) is 0 Å². The summed E-state index contributed by atoms with van der Waals surface area (Å²) >= 11 is 0. The van der Waals surface area contributed by atoms with Crippen molar-refractivity contribution in [2.24, 2.45) is 0 Å². The lowest BCUT2D eigenvalue weighted by Gasteiger charge is -2.31. The van der Waals surface area contributed by atoms with E-state index >= 15 is 0 Å². The Labute approximate surface area is 116 Å². The fraction of sp³-hybridized carbons (Fsp3) is 0.357. The van der Waals surface area contributed by atoms with Gasteiger partial charge in [-0.25, -0.2) is 4.79 Å². The molecule has 1 amide bonds. The molecule has 0 aromatic carbocycles. The fourth-order valence-electron chi connectivity index (χ4n) is 2.02. The lowest BCUT2D eigenvalue weighted by molar-refractivity contribution is -0.131. The third-order valence-electron chi connectivity index (χ3n) is 2.95. The molecule has 6 nitrogen and oxygen atoms in total. The molecule has 1 aromatic rings. The van der Waals surface area contributed by atoms with Gasteiger partial charge in [-0.05, 0) is 24.6 Å². The van der Waals surface area contributed by atoms with E-state index in [1.165, 1.54) is 18.5 Å². The van der Waals surface area contributed by atoms with Crippen molar-refractivity contribution in [3.05, 3.63) is 35.7 Å². The summed E-state index contributed by atoms with van der Waals surface area (Å²) in [5, 5.41) is 8.59. The molecule has 2 rings (SSSR count). The Kier molecular flexibility index (Phi) is 4.47. The second kappa shape index (κ2) is 6.29. The Hall–Kier alpha value is -2.21. The molecule has 0 bridgehead atoms. The number of carbonyl (C=O) groups is 2. The van der Waals surface area contributed by atoms with Gasteiger partial charge in [0.05, 0.1) is 18.3 Å². The maximum absolute atomic E-state index is 12.3. The minimum atomic E-state index is -1.04. The normalized spacial score (nSPS) is 19.2. The highest BCUT2D eigenvalue weighted by Crippen LogP contribution is 2.12. The Morgan fingerprint density at radius 1 is 1.50 bits per heavy atom. The van der Waals surface area contributed by atoms with Crippen molar-refractivity contribution in [3.8, 4) is 0 Å². The molecule has 0 radical (unpaired) electrons. The highest BCUT2D eigenvalue weighted by atomic mass is 16.5. The van der Waals surface area contributed by atoms with Crippen LogP contribution in [0.15, 0.2) is 24.5 Å². The minimum Gasteiger partial charge on any atom is -0.478 e. The smallest absolute Gasteiger partial charge is 0.328 e. The first kappa shape index (κ1) is 14.2. The number of hydrogen-bond donors (Lipinski definition) is 1. The second-order valence-electron chi connectivity index (χ2n) is 4.61. The topological polar surface area (TPSA) is 79.7 Å². The molecule has 2 heterocycles. The molecule has 1 unspecified atom stereocenters. The van der Waals surface area contributed by atoms with E-state index in [1.54, 1.807) is 11.0 Å². The number of carbonyl (C=O) groups excluding carboxylic acids is 1. The predicted molar refractivity (Wildman–Crippen MR) is 72.2 cm³/mol. The molecule has 1 fully saturated rings. The van der Waals surface area contributed by atoms with Crippen molar-refractivity contribution in [2.75, 3.05) is 19.7 Å². The number of carboxylic acids is 1. The summed E-state index contributed by atoms with van der Waals surface area (Å²) in [5.41, 5.74) is 1.03. The summed E-state index contributed by atoms with van der Waals surface area (Å²) in [4.78, 5) is 28.5. The molecular weight excluding hydrogens is 260 g/mol. The first-order valence-electron chi connectivity index (χ1n) is 6.33. The zero-order valence-corrected chi connectivity index (χ0v) is 11.2. The van der Waals surface area contributed by atoms with Gasteiger partial charge in [-0.1, -0.05) is 0 Å². The van der Waals surface area contributed by atoms with E-state index in [4.69, 9.17) is 9.84 Å². The molecule has 1 atom stereocenters. The lowest BCUT2D eigenvalue weighted by Crippen LogP contribution is -2.44. The van der Waals surface area contributed by atoms with Crippen LogP contribution >= 0.6 is 0 Å². The summed E-state index contributed by atoms with van der Waals surface area (Å²) in [6.07, 6.45) is 5.45. The van der Waals surface area contributed by atoms with E-state index in [0.717, 1.165) is 6.08 Å². The van der Waals surface area contributed by atoms with Crippen molar-refractivity contribution in [2.45, 2.75) is 13.0 Å². The number of rotatable bonds is 3. The predicted octanol–water partition coefficient (Wildman–Crippen LogP) is 1.04. The van der Waals surface area contributed by atoms with Gasteiger partial charge in [0.1, 0.15) is 0 Å². The number of aliphatic carboxylic acids is 1. The van der Waals surface area contributed by atoms with Crippen molar-refractivity contribution < 1.29 is 19.4 Å². The van der Waals surface area contributed by atoms with Crippen LogP contribution in [0.25, 0.3) is 6.08 Å². The van der Waals surface area contributed by atoms with Gasteiger partial charge in [0, 0.05) is 31.6 Å². The largest absolute Gasteiger partial charge is 0.478 e. The van der Waals surface area contributed by atoms with Gasteiger partial charge in [0.15, 0.2) is 0 Å². The molecule has 20 heavy (non-hydrogen) atoms. The molecule has 0 spiro atoms. The quantitative estimate of drug-likeness (QED) is 0.834. The van der Waals surface area contributed by atoms with Crippen LogP contribution in [0, 0.1) is 0 Å². The molecule has 1 aliphatic rings. The molecular formula is C14H16N2O4. The number of carboxylic acid groups (broad SMARTS) is 1. The summed E-state index contributed by atoms with van der Waals surface area (Å²) < 4.78 is 5.40. The maximum atomic E-state index is 12.3. The molecule has 106 valence electrons. The highest BCUT2D eigenvalue weighted by molar-refractivity contribution is 5.95. The number of aromatic nitrogens is 1. The van der Waals surface area contributed by atoms with E-state index in [1.807, 2.05) is 6.92 Å². The number of hydrogen-bond acceptors (Lipinski definition) is 4. The van der Waals surface area contributed by atoms with Crippen LogP contribution in [-0.2, 0) is 9.53 Å². The first-order valence-corrected chi connectivity index (χ1v) is 6.33. The monoisotopic (exact) mass is 276 g/mol. The SMILES string of the molecule is CC1CN(C(=O)c2cncc(C=CC(=O)O)c2)CCO1. The van der Waals surface area contributed by atoms with Crippen LogP contribution in [0.5, 0.6) is 0 Å². The van der Waals surface area contributed by atoms with Crippen molar-refractivity contribution in [3.63, 3.8) is 0 Å². The average Bonchev–Trinajstić information content (AvgIpc) is 2.44. The average molecular weight is 276 g/mol. The van der Waals surface area contributed by atoms with Crippen LogP contribution < -0.4 is 0 Å². The molecule has 1 saturated heterocycles. The second-order valence-corrected chi connectivity index (χ2v) is 4.61. The summed E-state index contributed by atoms with van der Waals surface area (Å²) in [6, 6.07) is 1.63. The van der Waals surface area contributed by atoms with E-state index in [0.29, 0.717) is 30.8 Å². The number of amides is 1. The molecule has 6 heteroatoms. The Balaban J connectivity index is 2.13. The van der Waals surface area contributed by atoms with Gasteiger partial charge >= 0.3 is 5.97 Å². The zero-order chi connectivity index (χ0) is 14.5. The number of pyridine rings is 1. The van der Waals surface area contributed by atoms with E-state index in [9.17, 15) is 9.59 Å². The Morgan fingerprint density at radius 2 is 2.30 bits per heavy atom. The van der Waals surface area contributed by atoms with Gasteiger partial charge in [0.2, 0.25) is 0 Å². The first-order chi connectivity index (χ1) is 9.56. The van der Waals surface area contributed by atoms with E-state index in [2.05, 4.69) is 4.98 Å². The standard InChI is InChI=1S/C14H16N2O4/c1-10-9-16(4-5-20-10)14(19)12-6-11(7-15-8-12)2-3-13(17)18/h2-3,6-8,10H,4-5,9H2,1H3,(H,17,18). The fourth-order valence-corrected chi connectivity index (χ4v) is 2.02. The maximum Gasteiger partial charge on any atom is 0.328 e. The van der Waals surface area contributed by atoms with Crippen LogP contribution in [-0.4, -0.2) is 52.7 Å². The van der Waals surface area contributed by atoms with Crippen molar-refractivity contribution in [1.82, 2.24) is 9.88 Å². The summed E-state index contributed by atoms with van der Waals surface area (Å²) in [7, 11) is 0. The van der Waals surface area contributed by atoms with Crippen LogP contribution in [0.2, 0.25) is 0 Å². The van der Waals surface area contributed by atoms with Crippen LogP contribution in [0.4, 0.5) is 0 Å². The third-order valence-corrected chi connectivity index (χ3v) is 2.95. The summed E-state index contributed by atoms with van der Waals surface area (Å²) in [5.74, 6) is -1.15. The third kappa shape index (κ3) is 3.64. The lowest BCUT2D eigenvalue weighted by atomic mass is 10.1.